The number of alkyl halides is 3. The molecule has 0 aliphatic heterocycles. The van der Waals surface area contributed by atoms with Crippen LogP contribution in [0.3, 0.4) is 0 Å². The third kappa shape index (κ3) is 5.18. The number of halogens is 4. The van der Waals surface area contributed by atoms with Crippen LogP contribution in [-0.4, -0.2) is 42.2 Å². The van der Waals surface area contributed by atoms with Crippen molar-refractivity contribution in [3.8, 4) is 0 Å². The van der Waals surface area contributed by atoms with Gasteiger partial charge in [0.1, 0.15) is 0 Å². The van der Waals surface area contributed by atoms with Gasteiger partial charge >= 0.3 is 6.18 Å². The number of carbonyl (C=O) groups is 1. The minimum atomic E-state index is -4.61. The number of amides is 1. The maximum atomic E-state index is 12.9. The van der Waals surface area contributed by atoms with Crippen LogP contribution in [0.4, 0.5) is 18.9 Å². The standard InChI is InChI=1S/C13H16ClF3N2O2/c1-8(7-20)19(2)6-12(21)18-11-4-3-9(14)5-10(11)13(15,16)17/h3-5,8,20H,6-7H2,1-2H3,(H,18,21). The van der Waals surface area contributed by atoms with E-state index in [1.54, 1.807) is 14.0 Å². The number of rotatable bonds is 5. The van der Waals surface area contributed by atoms with Gasteiger partial charge in [-0.15, -0.1) is 0 Å². The van der Waals surface area contributed by atoms with E-state index in [0.717, 1.165) is 12.1 Å². The molecule has 0 bridgehead atoms. The smallest absolute Gasteiger partial charge is 0.395 e. The number of aliphatic hydroxyl groups is 1. The van der Waals surface area contributed by atoms with Crippen molar-refractivity contribution < 1.29 is 23.1 Å². The number of hydrogen-bond acceptors (Lipinski definition) is 3. The molecule has 0 heterocycles. The van der Waals surface area contributed by atoms with E-state index in [4.69, 9.17) is 16.7 Å². The summed E-state index contributed by atoms with van der Waals surface area (Å²) in [6.07, 6.45) is -4.61. The monoisotopic (exact) mass is 324 g/mol. The number of aliphatic hydroxyl groups excluding tert-OH is 1. The van der Waals surface area contributed by atoms with Crippen molar-refractivity contribution in [1.82, 2.24) is 4.90 Å². The molecule has 0 saturated carbocycles. The SMILES string of the molecule is CC(CO)N(C)CC(=O)Nc1ccc(Cl)cc1C(F)(F)F. The number of carbonyl (C=O) groups excluding carboxylic acids is 1. The van der Waals surface area contributed by atoms with Crippen LogP contribution in [0, 0.1) is 0 Å². The second kappa shape index (κ2) is 7.11. The molecular weight excluding hydrogens is 309 g/mol. The summed E-state index contributed by atoms with van der Waals surface area (Å²) in [5, 5.41) is 11.1. The largest absolute Gasteiger partial charge is 0.418 e. The molecule has 0 saturated heterocycles. The molecule has 0 aliphatic rings. The maximum Gasteiger partial charge on any atom is 0.418 e. The maximum absolute atomic E-state index is 12.9. The predicted molar refractivity (Wildman–Crippen MR) is 74.3 cm³/mol. The highest BCUT2D eigenvalue weighted by Crippen LogP contribution is 2.36. The van der Waals surface area contributed by atoms with Crippen molar-refractivity contribution in [3.05, 3.63) is 28.8 Å². The van der Waals surface area contributed by atoms with Gasteiger partial charge in [0.05, 0.1) is 24.4 Å². The Morgan fingerprint density at radius 1 is 1.48 bits per heavy atom. The quantitative estimate of drug-likeness (QED) is 0.875. The molecule has 0 aliphatic carbocycles. The lowest BCUT2D eigenvalue weighted by atomic mass is 10.1. The number of benzene rings is 1. The van der Waals surface area contributed by atoms with Gasteiger partial charge in [-0.1, -0.05) is 11.6 Å². The Kier molecular flexibility index (Phi) is 6.00. The molecule has 21 heavy (non-hydrogen) atoms. The second-order valence-electron chi connectivity index (χ2n) is 4.68. The van der Waals surface area contributed by atoms with Crippen molar-refractivity contribution in [3.63, 3.8) is 0 Å². The third-order valence-corrected chi connectivity index (χ3v) is 3.21. The molecule has 118 valence electrons. The van der Waals surface area contributed by atoms with Gasteiger partial charge in [-0.3, -0.25) is 9.69 Å². The molecule has 0 radical (unpaired) electrons. The van der Waals surface area contributed by atoms with E-state index in [-0.39, 0.29) is 29.9 Å². The molecule has 1 aromatic carbocycles. The van der Waals surface area contributed by atoms with Crippen molar-refractivity contribution in [2.45, 2.75) is 19.1 Å². The number of anilines is 1. The molecule has 1 atom stereocenters. The summed E-state index contributed by atoms with van der Waals surface area (Å²) in [6.45, 7) is 1.40. The van der Waals surface area contributed by atoms with Crippen molar-refractivity contribution in [2.24, 2.45) is 0 Å². The molecule has 0 spiro atoms. The molecule has 8 heteroatoms. The van der Waals surface area contributed by atoms with Gasteiger partial charge in [-0.05, 0) is 32.2 Å². The van der Waals surface area contributed by atoms with Crippen LogP contribution in [0.25, 0.3) is 0 Å². The van der Waals surface area contributed by atoms with Gasteiger partial charge in [-0.25, -0.2) is 0 Å². The van der Waals surface area contributed by atoms with Crippen molar-refractivity contribution in [2.75, 3.05) is 25.5 Å². The Morgan fingerprint density at radius 2 is 2.10 bits per heavy atom. The van der Waals surface area contributed by atoms with Crippen LogP contribution in [0.5, 0.6) is 0 Å². The molecule has 1 aromatic rings. The van der Waals surface area contributed by atoms with E-state index in [0.29, 0.717) is 0 Å². The number of likely N-dealkylation sites (N-methyl/N-ethyl adjacent to an activating group) is 1. The fourth-order valence-electron chi connectivity index (χ4n) is 1.57. The van der Waals surface area contributed by atoms with Crippen LogP contribution < -0.4 is 5.32 Å². The summed E-state index contributed by atoms with van der Waals surface area (Å²) in [5.41, 5.74) is -1.34. The summed E-state index contributed by atoms with van der Waals surface area (Å²) in [6, 6.07) is 2.87. The van der Waals surface area contributed by atoms with Crippen LogP contribution >= 0.6 is 11.6 Å². The summed E-state index contributed by atoms with van der Waals surface area (Å²) in [5.74, 6) is -0.606. The molecule has 2 N–H and O–H groups in total. The molecule has 0 fully saturated rings. The number of nitrogens with zero attached hydrogens (tertiary/aromatic N) is 1. The number of hydrogen-bond donors (Lipinski definition) is 2. The van der Waals surface area contributed by atoms with E-state index in [1.165, 1.54) is 11.0 Å². The van der Waals surface area contributed by atoms with E-state index in [1.807, 2.05) is 0 Å². The Bertz CT molecular complexity index is 509. The summed E-state index contributed by atoms with van der Waals surface area (Å²) in [7, 11) is 1.59. The molecule has 1 rings (SSSR count). The number of nitrogens with one attached hydrogen (secondary N) is 1. The minimum Gasteiger partial charge on any atom is -0.395 e. The summed E-state index contributed by atoms with van der Waals surface area (Å²) >= 11 is 5.56. The van der Waals surface area contributed by atoms with E-state index in [2.05, 4.69) is 5.32 Å². The van der Waals surface area contributed by atoms with Crippen molar-refractivity contribution >= 4 is 23.2 Å². The molecule has 1 amide bonds. The topological polar surface area (TPSA) is 52.6 Å². The van der Waals surface area contributed by atoms with E-state index in [9.17, 15) is 18.0 Å². The summed E-state index contributed by atoms with van der Waals surface area (Å²) in [4.78, 5) is 13.3. The van der Waals surface area contributed by atoms with Crippen molar-refractivity contribution in [1.29, 1.82) is 0 Å². The lowest BCUT2D eigenvalue weighted by Crippen LogP contribution is -2.38. The normalized spacial score (nSPS) is 13.3. The van der Waals surface area contributed by atoms with Gasteiger partial charge in [0, 0.05) is 11.1 Å². The zero-order chi connectivity index (χ0) is 16.2. The minimum absolute atomic E-state index is 0.0636. The van der Waals surface area contributed by atoms with Gasteiger partial charge < -0.3 is 10.4 Å². The van der Waals surface area contributed by atoms with Gasteiger partial charge in [-0.2, -0.15) is 13.2 Å². The predicted octanol–water partition coefficient (Wildman–Crippen LogP) is 2.61. The van der Waals surface area contributed by atoms with E-state index >= 15 is 0 Å². The van der Waals surface area contributed by atoms with Crippen LogP contribution in [0.1, 0.15) is 12.5 Å². The lowest BCUT2D eigenvalue weighted by Gasteiger charge is -2.22. The second-order valence-corrected chi connectivity index (χ2v) is 5.12. The zero-order valence-corrected chi connectivity index (χ0v) is 12.3. The molecule has 1 unspecified atom stereocenters. The van der Waals surface area contributed by atoms with Gasteiger partial charge in [0.25, 0.3) is 0 Å². The average Bonchev–Trinajstić information content (AvgIpc) is 2.38. The first-order valence-electron chi connectivity index (χ1n) is 6.13. The Hall–Kier alpha value is -1.31. The first-order chi connectivity index (χ1) is 9.65. The Balaban J connectivity index is 2.86. The van der Waals surface area contributed by atoms with Gasteiger partial charge in [0.15, 0.2) is 0 Å². The fourth-order valence-corrected chi connectivity index (χ4v) is 1.74. The highest BCUT2D eigenvalue weighted by molar-refractivity contribution is 6.30. The zero-order valence-electron chi connectivity index (χ0n) is 11.5. The fraction of sp³-hybridized carbons (Fsp3) is 0.462. The average molecular weight is 325 g/mol. The summed E-state index contributed by atoms with van der Waals surface area (Å²) < 4.78 is 38.6. The first kappa shape index (κ1) is 17.7. The first-order valence-corrected chi connectivity index (χ1v) is 6.50. The third-order valence-electron chi connectivity index (χ3n) is 2.97. The highest BCUT2D eigenvalue weighted by atomic mass is 35.5. The van der Waals surface area contributed by atoms with E-state index < -0.39 is 17.6 Å². The van der Waals surface area contributed by atoms with Crippen LogP contribution in [-0.2, 0) is 11.0 Å². The molecule has 0 aromatic heterocycles. The van der Waals surface area contributed by atoms with Crippen LogP contribution in [0.2, 0.25) is 5.02 Å². The molecule has 4 nitrogen and oxygen atoms in total. The molecular formula is C13H16ClF3N2O2. The Morgan fingerprint density at radius 3 is 2.62 bits per heavy atom. The lowest BCUT2D eigenvalue weighted by molar-refractivity contribution is -0.137. The van der Waals surface area contributed by atoms with Gasteiger partial charge in [0.2, 0.25) is 5.91 Å². The highest BCUT2D eigenvalue weighted by Gasteiger charge is 2.34. The Labute approximate surface area is 125 Å². The van der Waals surface area contributed by atoms with Crippen LogP contribution in [0.15, 0.2) is 18.2 Å².